The Morgan fingerprint density at radius 1 is 0.568 bits per heavy atom. The molecule has 0 spiro atoms. The number of unbranched alkanes of at least 4 members (excludes halogenated alkanes) is 4. The van der Waals surface area contributed by atoms with E-state index >= 15 is 0 Å². The molecule has 37 heavy (non-hydrogen) atoms. The van der Waals surface area contributed by atoms with Gasteiger partial charge in [0.2, 0.25) is 0 Å². The number of aryl methyl sites for hydroxylation is 3. The molecule has 0 N–H and O–H groups in total. The van der Waals surface area contributed by atoms with Crippen LogP contribution in [0.25, 0.3) is 11.1 Å². The fourth-order valence-electron chi connectivity index (χ4n) is 6.02. The zero-order valence-corrected chi connectivity index (χ0v) is 23.1. The molecular weight excluding hydrogens is 451 g/mol. The second-order valence-electron chi connectivity index (χ2n) is 11.3. The Morgan fingerprint density at radius 2 is 1.08 bits per heavy atom. The predicted molar refractivity (Wildman–Crippen MR) is 158 cm³/mol. The molecule has 0 radical (unpaired) electrons. The maximum Gasteiger partial charge on any atom is 0.0894 e. The highest BCUT2D eigenvalue weighted by molar-refractivity contribution is 5.64. The number of rotatable bonds is 14. The average Bonchev–Trinajstić information content (AvgIpc) is 2.96. The van der Waals surface area contributed by atoms with Crippen molar-refractivity contribution in [2.24, 2.45) is 5.92 Å². The molecule has 0 heterocycles. The molecule has 0 aromatic heterocycles. The molecular formula is C36H47F. The highest BCUT2D eigenvalue weighted by Crippen LogP contribution is 2.38. The SMILES string of the molecule is CCCCc1ccc(CCc2ccc(-c3ccc(C4CCC(CCCCCCF)CC4)cc3)cc2)cc1. The first-order chi connectivity index (χ1) is 18.2. The average molecular weight is 499 g/mol. The summed E-state index contributed by atoms with van der Waals surface area (Å²) in [4.78, 5) is 0. The minimum absolute atomic E-state index is 0.149. The van der Waals surface area contributed by atoms with Crippen molar-refractivity contribution in [1.82, 2.24) is 0 Å². The van der Waals surface area contributed by atoms with Gasteiger partial charge in [0.1, 0.15) is 0 Å². The normalized spacial score (nSPS) is 17.7. The molecule has 0 nitrogen and oxygen atoms in total. The first-order valence-corrected chi connectivity index (χ1v) is 15.1. The molecule has 1 aliphatic rings. The second kappa shape index (κ2) is 15.1. The van der Waals surface area contributed by atoms with Gasteiger partial charge in [-0.1, -0.05) is 112 Å². The third kappa shape index (κ3) is 8.84. The van der Waals surface area contributed by atoms with Crippen molar-refractivity contribution >= 4 is 0 Å². The van der Waals surface area contributed by atoms with Crippen LogP contribution in [0.1, 0.15) is 106 Å². The van der Waals surface area contributed by atoms with Gasteiger partial charge < -0.3 is 0 Å². The Kier molecular flexibility index (Phi) is 11.3. The van der Waals surface area contributed by atoms with Crippen LogP contribution in [0.5, 0.6) is 0 Å². The number of hydrogen-bond acceptors (Lipinski definition) is 0. The number of halogens is 1. The van der Waals surface area contributed by atoms with Crippen molar-refractivity contribution in [3.05, 3.63) is 95.1 Å². The number of benzene rings is 3. The first kappa shape index (κ1) is 27.6. The van der Waals surface area contributed by atoms with Crippen LogP contribution >= 0.6 is 0 Å². The summed E-state index contributed by atoms with van der Waals surface area (Å²) in [6, 6.07) is 27.8. The minimum Gasteiger partial charge on any atom is -0.251 e. The van der Waals surface area contributed by atoms with Crippen LogP contribution in [0.15, 0.2) is 72.8 Å². The molecule has 0 unspecified atom stereocenters. The number of alkyl halides is 1. The molecule has 0 aliphatic heterocycles. The van der Waals surface area contributed by atoms with E-state index in [0.717, 1.165) is 37.5 Å². The van der Waals surface area contributed by atoms with E-state index < -0.39 is 0 Å². The highest BCUT2D eigenvalue weighted by atomic mass is 19.1. The van der Waals surface area contributed by atoms with Crippen LogP contribution in [0.2, 0.25) is 0 Å². The van der Waals surface area contributed by atoms with Gasteiger partial charge in [-0.15, -0.1) is 0 Å². The molecule has 1 fully saturated rings. The Bertz CT molecular complexity index is 1010. The van der Waals surface area contributed by atoms with Gasteiger partial charge in [-0.2, -0.15) is 0 Å². The van der Waals surface area contributed by atoms with E-state index in [2.05, 4.69) is 79.7 Å². The summed E-state index contributed by atoms with van der Waals surface area (Å²) in [6.45, 7) is 2.11. The predicted octanol–water partition coefficient (Wildman–Crippen LogP) is 10.7. The van der Waals surface area contributed by atoms with Gasteiger partial charge in [0.25, 0.3) is 0 Å². The Morgan fingerprint density at radius 3 is 1.65 bits per heavy atom. The Balaban J connectivity index is 1.21. The van der Waals surface area contributed by atoms with Gasteiger partial charge in [-0.05, 0) is 103 Å². The van der Waals surface area contributed by atoms with E-state index in [1.54, 1.807) is 0 Å². The summed E-state index contributed by atoms with van der Waals surface area (Å²) in [6.07, 6.45) is 17.0. The molecule has 1 heteroatoms. The van der Waals surface area contributed by atoms with E-state index in [1.165, 1.54) is 97.6 Å². The minimum atomic E-state index is -0.149. The molecule has 0 saturated heterocycles. The van der Waals surface area contributed by atoms with Gasteiger partial charge in [-0.25, -0.2) is 0 Å². The Labute approximate surface area is 225 Å². The van der Waals surface area contributed by atoms with E-state index in [4.69, 9.17) is 0 Å². The van der Waals surface area contributed by atoms with Crippen LogP contribution in [0, 0.1) is 5.92 Å². The van der Waals surface area contributed by atoms with Gasteiger partial charge in [0, 0.05) is 0 Å². The fourth-order valence-corrected chi connectivity index (χ4v) is 6.02. The lowest BCUT2D eigenvalue weighted by atomic mass is 9.77. The second-order valence-corrected chi connectivity index (χ2v) is 11.3. The smallest absolute Gasteiger partial charge is 0.0894 e. The van der Waals surface area contributed by atoms with Crippen molar-refractivity contribution in [2.45, 2.75) is 103 Å². The molecule has 0 amide bonds. The van der Waals surface area contributed by atoms with E-state index in [9.17, 15) is 4.39 Å². The van der Waals surface area contributed by atoms with Crippen molar-refractivity contribution in [1.29, 1.82) is 0 Å². The van der Waals surface area contributed by atoms with Gasteiger partial charge in [-0.3, -0.25) is 4.39 Å². The molecule has 4 rings (SSSR count). The fraction of sp³-hybridized carbons (Fsp3) is 0.500. The van der Waals surface area contributed by atoms with E-state index in [1.807, 2.05) is 0 Å². The quantitative estimate of drug-likeness (QED) is 0.194. The third-order valence-corrected chi connectivity index (χ3v) is 8.56. The third-order valence-electron chi connectivity index (χ3n) is 8.56. The lowest BCUT2D eigenvalue weighted by Gasteiger charge is -2.29. The van der Waals surface area contributed by atoms with Crippen LogP contribution < -0.4 is 0 Å². The van der Waals surface area contributed by atoms with Gasteiger partial charge >= 0.3 is 0 Å². The van der Waals surface area contributed by atoms with Crippen LogP contribution in [0.4, 0.5) is 4.39 Å². The van der Waals surface area contributed by atoms with Crippen LogP contribution in [-0.4, -0.2) is 6.67 Å². The Hall–Kier alpha value is -2.41. The zero-order chi connectivity index (χ0) is 25.7. The van der Waals surface area contributed by atoms with E-state index in [0.29, 0.717) is 0 Å². The van der Waals surface area contributed by atoms with E-state index in [-0.39, 0.29) is 6.67 Å². The maximum absolute atomic E-state index is 12.2. The highest BCUT2D eigenvalue weighted by Gasteiger charge is 2.22. The summed E-state index contributed by atoms with van der Waals surface area (Å²) < 4.78 is 12.2. The van der Waals surface area contributed by atoms with Crippen LogP contribution in [-0.2, 0) is 19.3 Å². The van der Waals surface area contributed by atoms with Crippen molar-refractivity contribution in [2.75, 3.05) is 6.67 Å². The first-order valence-electron chi connectivity index (χ1n) is 15.1. The van der Waals surface area contributed by atoms with Crippen LogP contribution in [0.3, 0.4) is 0 Å². The molecule has 0 bridgehead atoms. The van der Waals surface area contributed by atoms with Crippen molar-refractivity contribution in [3.8, 4) is 11.1 Å². The molecule has 3 aromatic rings. The molecule has 3 aromatic carbocycles. The summed E-state index contributed by atoms with van der Waals surface area (Å²) in [7, 11) is 0. The largest absolute Gasteiger partial charge is 0.251 e. The topological polar surface area (TPSA) is 0 Å². The number of hydrogen-bond donors (Lipinski definition) is 0. The standard InChI is InChI=1S/C36H47F/c1-2-3-8-29-10-12-31(13-11-29)14-15-32-18-22-34(23-19-32)36-26-24-35(25-27-36)33-20-16-30(17-21-33)9-6-4-5-7-28-37/h10-13,18-19,22-27,30,33H,2-9,14-17,20-21,28H2,1H3. The molecule has 1 aliphatic carbocycles. The summed E-state index contributed by atoms with van der Waals surface area (Å²) in [5, 5.41) is 0. The summed E-state index contributed by atoms with van der Waals surface area (Å²) in [5.74, 6) is 1.62. The maximum atomic E-state index is 12.2. The van der Waals surface area contributed by atoms with Crippen molar-refractivity contribution < 1.29 is 4.39 Å². The molecule has 1 saturated carbocycles. The lowest BCUT2D eigenvalue weighted by molar-refractivity contribution is 0.301. The molecule has 0 atom stereocenters. The van der Waals surface area contributed by atoms with Crippen molar-refractivity contribution in [3.63, 3.8) is 0 Å². The zero-order valence-electron chi connectivity index (χ0n) is 23.1. The van der Waals surface area contributed by atoms with Gasteiger partial charge in [0.15, 0.2) is 0 Å². The summed E-state index contributed by atoms with van der Waals surface area (Å²) >= 11 is 0. The lowest BCUT2D eigenvalue weighted by Crippen LogP contribution is -2.13. The molecule has 198 valence electrons. The monoisotopic (exact) mass is 498 g/mol. The summed E-state index contributed by atoms with van der Waals surface area (Å²) in [5.41, 5.74) is 8.46. The van der Waals surface area contributed by atoms with Gasteiger partial charge in [0.05, 0.1) is 6.67 Å².